The van der Waals surface area contributed by atoms with E-state index >= 15 is 0 Å². The summed E-state index contributed by atoms with van der Waals surface area (Å²) in [6.07, 6.45) is 0. The van der Waals surface area contributed by atoms with Crippen LogP contribution in [0.4, 0.5) is 5.95 Å². The minimum atomic E-state index is 0.190. The van der Waals surface area contributed by atoms with E-state index in [2.05, 4.69) is 15.0 Å². The van der Waals surface area contributed by atoms with Crippen LogP contribution < -0.4 is 5.73 Å². The number of anilines is 1. The molecular formula is C10H7N5S. The third-order valence-corrected chi connectivity index (χ3v) is 2.14. The highest BCUT2D eigenvalue weighted by Crippen LogP contribution is 2.15. The molecule has 6 heteroatoms. The number of aromatic amines is 1. The maximum atomic E-state index is 8.67. The van der Waals surface area contributed by atoms with Crippen molar-refractivity contribution in [2.45, 2.75) is 0 Å². The van der Waals surface area contributed by atoms with Gasteiger partial charge >= 0.3 is 0 Å². The summed E-state index contributed by atoms with van der Waals surface area (Å²) in [6.45, 7) is 0. The SMILES string of the molecule is N#Cc1ccc(-c2nc(=S)nc(N)[nH]2)cc1. The highest BCUT2D eigenvalue weighted by Gasteiger charge is 2.01. The lowest BCUT2D eigenvalue weighted by Gasteiger charge is -2.01. The summed E-state index contributed by atoms with van der Waals surface area (Å²) in [4.78, 5) is 10.6. The summed E-state index contributed by atoms with van der Waals surface area (Å²) in [5.74, 6) is 0.765. The van der Waals surface area contributed by atoms with Gasteiger partial charge in [0.05, 0.1) is 11.6 Å². The number of nitrogens with one attached hydrogen (secondary N) is 1. The van der Waals surface area contributed by atoms with Gasteiger partial charge in [0.15, 0.2) is 0 Å². The minimum Gasteiger partial charge on any atom is -0.369 e. The van der Waals surface area contributed by atoms with Crippen molar-refractivity contribution < 1.29 is 0 Å². The Balaban J connectivity index is 2.51. The number of benzene rings is 1. The first-order valence-corrected chi connectivity index (χ1v) is 4.84. The van der Waals surface area contributed by atoms with Crippen LogP contribution in [0, 0.1) is 16.1 Å². The molecule has 0 fully saturated rings. The van der Waals surface area contributed by atoms with Gasteiger partial charge in [-0.2, -0.15) is 10.2 Å². The molecule has 78 valence electrons. The van der Waals surface area contributed by atoms with Gasteiger partial charge in [0.1, 0.15) is 5.82 Å². The molecule has 0 atom stereocenters. The van der Waals surface area contributed by atoms with Crippen molar-refractivity contribution in [3.8, 4) is 17.5 Å². The van der Waals surface area contributed by atoms with E-state index < -0.39 is 0 Å². The maximum Gasteiger partial charge on any atom is 0.224 e. The second-order valence-electron chi connectivity index (χ2n) is 3.05. The molecule has 16 heavy (non-hydrogen) atoms. The quantitative estimate of drug-likeness (QED) is 0.725. The second-order valence-corrected chi connectivity index (χ2v) is 3.42. The first-order valence-electron chi connectivity index (χ1n) is 4.43. The van der Waals surface area contributed by atoms with Crippen LogP contribution in [0.25, 0.3) is 11.4 Å². The van der Waals surface area contributed by atoms with E-state index in [4.69, 9.17) is 23.2 Å². The molecule has 1 heterocycles. The monoisotopic (exact) mass is 229 g/mol. The molecule has 5 nitrogen and oxygen atoms in total. The van der Waals surface area contributed by atoms with Crippen LogP contribution in [0.2, 0.25) is 0 Å². The van der Waals surface area contributed by atoms with E-state index in [1.807, 2.05) is 6.07 Å². The van der Waals surface area contributed by atoms with Gasteiger partial charge in [-0.1, -0.05) is 0 Å². The number of nitrogens with two attached hydrogens (primary N) is 1. The van der Waals surface area contributed by atoms with Crippen LogP contribution in [0.3, 0.4) is 0 Å². The van der Waals surface area contributed by atoms with Crippen molar-refractivity contribution in [1.29, 1.82) is 5.26 Å². The Morgan fingerprint density at radius 3 is 2.50 bits per heavy atom. The average molecular weight is 229 g/mol. The molecule has 0 saturated carbocycles. The predicted molar refractivity (Wildman–Crippen MR) is 61.8 cm³/mol. The standard InChI is InChI=1S/C10H7N5S/c11-5-6-1-3-7(4-2-6)8-13-9(12)15-10(16)14-8/h1-4H,(H3,12,13,14,15,16). The molecule has 0 aliphatic heterocycles. The Morgan fingerprint density at radius 2 is 1.94 bits per heavy atom. The van der Waals surface area contributed by atoms with Gasteiger partial charge in [-0.3, -0.25) is 0 Å². The zero-order valence-electron chi connectivity index (χ0n) is 8.14. The van der Waals surface area contributed by atoms with Gasteiger partial charge in [-0.05, 0) is 36.5 Å². The largest absolute Gasteiger partial charge is 0.369 e. The summed E-state index contributed by atoms with van der Waals surface area (Å²) in [7, 11) is 0. The molecule has 0 amide bonds. The van der Waals surface area contributed by atoms with Crippen LogP contribution in [-0.2, 0) is 0 Å². The molecular weight excluding hydrogens is 222 g/mol. The van der Waals surface area contributed by atoms with Crippen molar-refractivity contribution in [1.82, 2.24) is 15.0 Å². The van der Waals surface area contributed by atoms with Crippen LogP contribution in [-0.4, -0.2) is 15.0 Å². The van der Waals surface area contributed by atoms with E-state index in [0.717, 1.165) is 5.56 Å². The Morgan fingerprint density at radius 1 is 1.25 bits per heavy atom. The number of aromatic nitrogens is 3. The van der Waals surface area contributed by atoms with E-state index in [1.165, 1.54) is 0 Å². The third-order valence-electron chi connectivity index (χ3n) is 1.96. The van der Waals surface area contributed by atoms with Crippen LogP contribution in [0.15, 0.2) is 24.3 Å². The van der Waals surface area contributed by atoms with Crippen LogP contribution in [0.5, 0.6) is 0 Å². The van der Waals surface area contributed by atoms with Crippen molar-refractivity contribution in [2.75, 3.05) is 5.73 Å². The lowest BCUT2D eigenvalue weighted by molar-refractivity contribution is 1.05. The fraction of sp³-hybridized carbons (Fsp3) is 0. The summed E-state index contributed by atoms with van der Waals surface area (Å²) in [5.41, 5.74) is 6.92. The lowest BCUT2D eigenvalue weighted by Crippen LogP contribution is -1.99. The molecule has 3 N–H and O–H groups in total. The van der Waals surface area contributed by atoms with Crippen LogP contribution >= 0.6 is 12.2 Å². The van der Waals surface area contributed by atoms with Crippen molar-refractivity contribution in [3.05, 3.63) is 34.6 Å². The molecule has 2 aromatic rings. The van der Waals surface area contributed by atoms with Crippen molar-refractivity contribution in [2.24, 2.45) is 0 Å². The molecule has 0 spiro atoms. The summed E-state index contributed by atoms with van der Waals surface area (Å²) in [6, 6.07) is 8.98. The number of nitrogen functional groups attached to an aromatic ring is 1. The molecule has 1 aromatic heterocycles. The normalized spacial score (nSPS) is 9.69. The summed E-state index contributed by atoms with van der Waals surface area (Å²) >= 11 is 4.86. The summed E-state index contributed by atoms with van der Waals surface area (Å²) in [5, 5.41) is 8.67. The van der Waals surface area contributed by atoms with E-state index in [1.54, 1.807) is 24.3 Å². The lowest BCUT2D eigenvalue weighted by atomic mass is 10.1. The molecule has 1 aromatic carbocycles. The topological polar surface area (TPSA) is 91.4 Å². The molecule has 2 rings (SSSR count). The number of nitrogens with zero attached hydrogens (tertiary/aromatic N) is 3. The Labute approximate surface area is 96.6 Å². The van der Waals surface area contributed by atoms with Gasteiger partial charge in [0.2, 0.25) is 10.7 Å². The number of hydrogen-bond acceptors (Lipinski definition) is 5. The molecule has 0 unspecified atom stereocenters. The Bertz CT molecular complexity index is 608. The second kappa shape index (κ2) is 4.08. The van der Waals surface area contributed by atoms with E-state index in [0.29, 0.717) is 11.4 Å². The zero-order valence-corrected chi connectivity index (χ0v) is 8.95. The number of rotatable bonds is 1. The minimum absolute atomic E-state index is 0.190. The number of nitriles is 1. The fourth-order valence-corrected chi connectivity index (χ4v) is 1.43. The Kier molecular flexibility index (Phi) is 2.62. The maximum absolute atomic E-state index is 8.67. The van der Waals surface area contributed by atoms with E-state index in [-0.39, 0.29) is 10.7 Å². The van der Waals surface area contributed by atoms with Gasteiger partial charge in [0, 0.05) is 5.56 Å². The van der Waals surface area contributed by atoms with Gasteiger partial charge in [-0.15, -0.1) is 0 Å². The summed E-state index contributed by atoms with van der Waals surface area (Å²) < 4.78 is 0.190. The molecule has 0 aliphatic rings. The highest BCUT2D eigenvalue weighted by atomic mass is 32.1. The smallest absolute Gasteiger partial charge is 0.224 e. The van der Waals surface area contributed by atoms with Crippen molar-refractivity contribution >= 4 is 18.2 Å². The first kappa shape index (κ1) is 10.3. The number of H-pyrrole nitrogens is 1. The first-order chi connectivity index (χ1) is 7.69. The molecule has 0 saturated heterocycles. The van der Waals surface area contributed by atoms with E-state index in [9.17, 15) is 0 Å². The molecule has 0 aliphatic carbocycles. The van der Waals surface area contributed by atoms with Gasteiger partial charge < -0.3 is 10.7 Å². The Hall–Kier alpha value is -2.26. The number of hydrogen-bond donors (Lipinski definition) is 2. The average Bonchev–Trinajstić information content (AvgIpc) is 2.28. The van der Waals surface area contributed by atoms with Gasteiger partial charge in [-0.25, -0.2) is 4.98 Å². The van der Waals surface area contributed by atoms with Crippen molar-refractivity contribution in [3.63, 3.8) is 0 Å². The predicted octanol–water partition coefficient (Wildman–Crippen LogP) is 1.66. The van der Waals surface area contributed by atoms with Gasteiger partial charge in [0.25, 0.3) is 0 Å². The zero-order chi connectivity index (χ0) is 11.5. The molecule has 0 bridgehead atoms. The fourth-order valence-electron chi connectivity index (χ4n) is 1.24. The third kappa shape index (κ3) is 2.04. The molecule has 0 radical (unpaired) electrons. The highest BCUT2D eigenvalue weighted by molar-refractivity contribution is 7.71. The van der Waals surface area contributed by atoms with Crippen LogP contribution in [0.1, 0.15) is 5.56 Å².